The number of hydrogen-bond donors (Lipinski definition) is 1. The van der Waals surface area contributed by atoms with E-state index in [0.717, 1.165) is 0 Å². The van der Waals surface area contributed by atoms with E-state index in [0.29, 0.717) is 0 Å². The van der Waals surface area contributed by atoms with Crippen LogP contribution in [0.4, 0.5) is 0 Å². The minimum atomic E-state index is -0.500. The molecule has 0 spiro atoms. The standard InChI is InChI=1S/C18H18.C4H10O/c1-18(2,3)17-10-6-9-15-11-13-7-4-5-8-14(13)12-16(15)17;1-4(2,3)5/h4-12H,1-3H3;5H,1-3H3. The number of rotatable bonds is 0. The fraction of sp³-hybridized carbons (Fsp3) is 0.364. The molecule has 122 valence electrons. The fourth-order valence-electron chi connectivity index (χ4n) is 2.62. The fourth-order valence-corrected chi connectivity index (χ4v) is 2.62. The van der Waals surface area contributed by atoms with Crippen LogP contribution in [0.5, 0.6) is 0 Å². The lowest BCUT2D eigenvalue weighted by Crippen LogP contribution is -2.11. The highest BCUT2D eigenvalue weighted by Crippen LogP contribution is 2.32. The van der Waals surface area contributed by atoms with Gasteiger partial charge in [0, 0.05) is 0 Å². The zero-order valence-corrected chi connectivity index (χ0v) is 15.1. The van der Waals surface area contributed by atoms with Crippen LogP contribution in [0.1, 0.15) is 47.1 Å². The molecule has 0 aliphatic heterocycles. The van der Waals surface area contributed by atoms with Gasteiger partial charge >= 0.3 is 0 Å². The minimum absolute atomic E-state index is 0.183. The van der Waals surface area contributed by atoms with Crippen LogP contribution < -0.4 is 0 Å². The van der Waals surface area contributed by atoms with E-state index < -0.39 is 5.60 Å². The molecule has 0 aromatic heterocycles. The molecule has 0 bridgehead atoms. The summed E-state index contributed by atoms with van der Waals surface area (Å²) in [4.78, 5) is 0. The summed E-state index contributed by atoms with van der Waals surface area (Å²) < 4.78 is 0. The van der Waals surface area contributed by atoms with Crippen LogP contribution in [0.3, 0.4) is 0 Å². The molecule has 0 saturated carbocycles. The van der Waals surface area contributed by atoms with Gasteiger partial charge in [0.15, 0.2) is 0 Å². The zero-order valence-electron chi connectivity index (χ0n) is 15.1. The van der Waals surface area contributed by atoms with Gasteiger partial charge in [-0.15, -0.1) is 0 Å². The van der Waals surface area contributed by atoms with Gasteiger partial charge < -0.3 is 5.11 Å². The molecular formula is C22H28O. The number of hydrogen-bond acceptors (Lipinski definition) is 1. The Morgan fingerprint density at radius 1 is 0.652 bits per heavy atom. The smallest absolute Gasteiger partial charge is 0.0563 e. The molecular weight excluding hydrogens is 280 g/mol. The quantitative estimate of drug-likeness (QED) is 0.500. The molecule has 0 radical (unpaired) electrons. The summed E-state index contributed by atoms with van der Waals surface area (Å²) in [5, 5.41) is 13.9. The zero-order chi connectivity index (χ0) is 17.3. The van der Waals surface area contributed by atoms with E-state index >= 15 is 0 Å². The molecule has 0 saturated heterocycles. The van der Waals surface area contributed by atoms with Crippen LogP contribution >= 0.6 is 0 Å². The molecule has 0 atom stereocenters. The van der Waals surface area contributed by atoms with Gasteiger partial charge in [-0.05, 0) is 65.4 Å². The van der Waals surface area contributed by atoms with Gasteiger partial charge in [-0.3, -0.25) is 0 Å². The second-order valence-corrected chi connectivity index (χ2v) is 8.15. The predicted octanol–water partition coefficient (Wildman–Crippen LogP) is 6.07. The van der Waals surface area contributed by atoms with Gasteiger partial charge in [0.25, 0.3) is 0 Å². The van der Waals surface area contributed by atoms with Crippen molar-refractivity contribution in [2.45, 2.75) is 52.6 Å². The molecule has 23 heavy (non-hydrogen) atoms. The lowest BCUT2D eigenvalue weighted by Gasteiger charge is -2.21. The Kier molecular flexibility index (Phi) is 4.81. The molecule has 3 aromatic carbocycles. The van der Waals surface area contributed by atoms with Crippen molar-refractivity contribution in [2.75, 3.05) is 0 Å². The molecule has 0 fully saturated rings. The van der Waals surface area contributed by atoms with Gasteiger partial charge in [0.05, 0.1) is 5.60 Å². The van der Waals surface area contributed by atoms with E-state index in [9.17, 15) is 0 Å². The molecule has 0 aliphatic rings. The molecule has 1 nitrogen and oxygen atoms in total. The summed E-state index contributed by atoms with van der Waals surface area (Å²) in [5.41, 5.74) is 1.10. The second-order valence-electron chi connectivity index (χ2n) is 8.15. The van der Waals surface area contributed by atoms with Crippen LogP contribution in [0, 0.1) is 0 Å². The normalized spacial score (nSPS) is 12.1. The Hall–Kier alpha value is -1.86. The van der Waals surface area contributed by atoms with Crippen molar-refractivity contribution < 1.29 is 5.11 Å². The third-order valence-corrected chi connectivity index (χ3v) is 3.55. The van der Waals surface area contributed by atoms with Crippen molar-refractivity contribution >= 4 is 21.5 Å². The van der Waals surface area contributed by atoms with Crippen molar-refractivity contribution in [2.24, 2.45) is 0 Å². The van der Waals surface area contributed by atoms with E-state index in [1.165, 1.54) is 27.1 Å². The molecule has 3 aromatic rings. The van der Waals surface area contributed by atoms with E-state index in [1.54, 1.807) is 20.8 Å². The summed E-state index contributed by atoms with van der Waals surface area (Å²) >= 11 is 0. The highest BCUT2D eigenvalue weighted by molar-refractivity contribution is 5.99. The molecule has 0 amide bonds. The van der Waals surface area contributed by atoms with Crippen LogP contribution in [0.15, 0.2) is 54.6 Å². The number of benzene rings is 3. The maximum atomic E-state index is 8.52. The summed E-state index contributed by atoms with van der Waals surface area (Å²) in [7, 11) is 0. The molecule has 1 heteroatoms. The predicted molar refractivity (Wildman–Crippen MR) is 102 cm³/mol. The second kappa shape index (κ2) is 6.33. The minimum Gasteiger partial charge on any atom is -0.391 e. The Bertz CT molecular complexity index is 795. The summed E-state index contributed by atoms with van der Waals surface area (Å²) in [5.74, 6) is 0. The summed E-state index contributed by atoms with van der Waals surface area (Å²) in [6.07, 6.45) is 0. The number of aliphatic hydroxyl groups is 1. The third-order valence-electron chi connectivity index (χ3n) is 3.55. The highest BCUT2D eigenvalue weighted by Gasteiger charge is 2.16. The molecule has 0 heterocycles. The van der Waals surface area contributed by atoms with E-state index in [2.05, 4.69) is 75.4 Å². The Balaban J connectivity index is 0.000000338. The van der Waals surface area contributed by atoms with Crippen molar-refractivity contribution in [3.8, 4) is 0 Å². The molecule has 0 unspecified atom stereocenters. The SMILES string of the molecule is CC(C)(C)O.CC(C)(C)c1cccc2cc3ccccc3cc12. The lowest BCUT2D eigenvalue weighted by atomic mass is 9.83. The maximum absolute atomic E-state index is 8.52. The van der Waals surface area contributed by atoms with Crippen LogP contribution in [-0.2, 0) is 5.41 Å². The average molecular weight is 308 g/mol. The van der Waals surface area contributed by atoms with Gasteiger partial charge in [-0.1, -0.05) is 63.2 Å². The highest BCUT2D eigenvalue weighted by atomic mass is 16.3. The molecule has 0 aliphatic carbocycles. The Labute approximate surface area is 140 Å². The topological polar surface area (TPSA) is 20.2 Å². The van der Waals surface area contributed by atoms with Crippen molar-refractivity contribution in [3.05, 3.63) is 60.2 Å². The van der Waals surface area contributed by atoms with Crippen LogP contribution in [0.25, 0.3) is 21.5 Å². The first-order chi connectivity index (χ1) is 10.6. The van der Waals surface area contributed by atoms with Crippen LogP contribution in [-0.4, -0.2) is 10.7 Å². The van der Waals surface area contributed by atoms with Crippen molar-refractivity contribution in [1.82, 2.24) is 0 Å². The van der Waals surface area contributed by atoms with Crippen LogP contribution in [0.2, 0.25) is 0 Å². The molecule has 3 rings (SSSR count). The van der Waals surface area contributed by atoms with Crippen molar-refractivity contribution in [3.63, 3.8) is 0 Å². The lowest BCUT2D eigenvalue weighted by molar-refractivity contribution is 0.102. The van der Waals surface area contributed by atoms with Gasteiger partial charge in [-0.2, -0.15) is 0 Å². The first-order valence-corrected chi connectivity index (χ1v) is 8.20. The Morgan fingerprint density at radius 2 is 1.13 bits per heavy atom. The summed E-state index contributed by atoms with van der Waals surface area (Å²) in [6, 6.07) is 19.8. The van der Waals surface area contributed by atoms with Crippen molar-refractivity contribution in [1.29, 1.82) is 0 Å². The van der Waals surface area contributed by atoms with E-state index in [4.69, 9.17) is 5.11 Å². The molecule has 1 N–H and O–H groups in total. The monoisotopic (exact) mass is 308 g/mol. The van der Waals surface area contributed by atoms with Gasteiger partial charge in [-0.25, -0.2) is 0 Å². The number of fused-ring (bicyclic) bond motifs is 2. The summed E-state index contributed by atoms with van der Waals surface area (Å²) in [6.45, 7) is 12.1. The first-order valence-electron chi connectivity index (χ1n) is 8.20. The largest absolute Gasteiger partial charge is 0.391 e. The third kappa shape index (κ3) is 4.80. The van der Waals surface area contributed by atoms with Gasteiger partial charge in [0.1, 0.15) is 0 Å². The first kappa shape index (κ1) is 17.5. The maximum Gasteiger partial charge on any atom is 0.0563 e. The average Bonchev–Trinajstić information content (AvgIpc) is 2.41. The van der Waals surface area contributed by atoms with E-state index in [-0.39, 0.29) is 5.41 Å². The Morgan fingerprint density at radius 3 is 1.65 bits per heavy atom. The van der Waals surface area contributed by atoms with Gasteiger partial charge in [0.2, 0.25) is 0 Å². The van der Waals surface area contributed by atoms with E-state index in [1.807, 2.05) is 0 Å².